The average Bonchev–Trinajstić information content (AvgIpc) is 2.17. The fraction of sp³-hybridized carbons (Fsp3) is 1.00. The standard InChI is InChI=1S/C7H15N/c1-7(8-2)5-3-4-6-7/h8H,3-6H2,1-2H3/p+1. The lowest BCUT2D eigenvalue weighted by molar-refractivity contribution is -0.698. The van der Waals surface area contributed by atoms with Gasteiger partial charge in [-0.3, -0.25) is 0 Å². The molecule has 0 aliphatic heterocycles. The maximum absolute atomic E-state index is 2.36. The summed E-state index contributed by atoms with van der Waals surface area (Å²) in [7, 11) is 2.19. The van der Waals surface area contributed by atoms with Crippen LogP contribution >= 0.6 is 0 Å². The van der Waals surface area contributed by atoms with Crippen molar-refractivity contribution in [1.29, 1.82) is 0 Å². The molecular weight excluding hydrogens is 98.1 g/mol. The van der Waals surface area contributed by atoms with Crippen LogP contribution in [-0.2, 0) is 0 Å². The lowest BCUT2D eigenvalue weighted by Gasteiger charge is -2.17. The van der Waals surface area contributed by atoms with Crippen LogP contribution in [0.25, 0.3) is 0 Å². The number of quaternary nitrogens is 1. The molecule has 0 aromatic rings. The molecule has 0 aromatic heterocycles. The highest BCUT2D eigenvalue weighted by molar-refractivity contribution is 4.77. The zero-order valence-corrected chi connectivity index (χ0v) is 5.91. The number of hydrogen-bond acceptors (Lipinski definition) is 0. The second-order valence-electron chi connectivity index (χ2n) is 3.15. The Bertz CT molecular complexity index is 72.5. The third-order valence-electron chi connectivity index (χ3n) is 2.44. The van der Waals surface area contributed by atoms with Crippen molar-refractivity contribution in [2.45, 2.75) is 38.1 Å². The molecule has 1 rings (SSSR count). The minimum Gasteiger partial charge on any atom is -0.344 e. The van der Waals surface area contributed by atoms with Crippen molar-refractivity contribution >= 4 is 0 Å². The van der Waals surface area contributed by atoms with Crippen molar-refractivity contribution in [3.63, 3.8) is 0 Å². The second kappa shape index (κ2) is 2.06. The van der Waals surface area contributed by atoms with Gasteiger partial charge in [-0.05, 0) is 19.8 Å². The van der Waals surface area contributed by atoms with E-state index in [-0.39, 0.29) is 0 Å². The van der Waals surface area contributed by atoms with Crippen molar-refractivity contribution < 1.29 is 5.32 Å². The van der Waals surface area contributed by atoms with Crippen LogP contribution in [-0.4, -0.2) is 12.6 Å². The normalized spacial score (nSPS) is 26.2. The van der Waals surface area contributed by atoms with Gasteiger partial charge in [0, 0.05) is 12.8 Å². The van der Waals surface area contributed by atoms with E-state index in [0.29, 0.717) is 5.54 Å². The lowest BCUT2D eigenvalue weighted by atomic mass is 10.0. The molecule has 0 heterocycles. The molecule has 0 bridgehead atoms. The van der Waals surface area contributed by atoms with E-state index in [1.165, 1.54) is 25.7 Å². The summed E-state index contributed by atoms with van der Waals surface area (Å²) < 4.78 is 0. The van der Waals surface area contributed by atoms with Gasteiger partial charge in [0.25, 0.3) is 0 Å². The van der Waals surface area contributed by atoms with Gasteiger partial charge in [-0.15, -0.1) is 0 Å². The quantitative estimate of drug-likeness (QED) is 0.511. The first-order chi connectivity index (χ1) is 3.77. The highest BCUT2D eigenvalue weighted by Gasteiger charge is 2.29. The summed E-state index contributed by atoms with van der Waals surface area (Å²) in [5.74, 6) is 0. The Hall–Kier alpha value is -0.0400. The molecule has 1 saturated carbocycles. The minimum atomic E-state index is 0.611. The molecule has 1 aliphatic rings. The molecule has 1 fully saturated rings. The van der Waals surface area contributed by atoms with E-state index in [2.05, 4.69) is 19.3 Å². The van der Waals surface area contributed by atoms with Gasteiger partial charge in [0.2, 0.25) is 0 Å². The summed E-state index contributed by atoms with van der Waals surface area (Å²) >= 11 is 0. The Balaban J connectivity index is 2.40. The van der Waals surface area contributed by atoms with Crippen molar-refractivity contribution in [2.24, 2.45) is 0 Å². The van der Waals surface area contributed by atoms with Gasteiger partial charge < -0.3 is 5.32 Å². The summed E-state index contributed by atoms with van der Waals surface area (Å²) in [6.07, 6.45) is 5.73. The molecule has 0 aromatic carbocycles. The van der Waals surface area contributed by atoms with E-state index < -0.39 is 0 Å². The highest BCUT2D eigenvalue weighted by Crippen LogP contribution is 2.24. The van der Waals surface area contributed by atoms with E-state index in [0.717, 1.165) is 0 Å². The summed E-state index contributed by atoms with van der Waals surface area (Å²) in [4.78, 5) is 0. The molecule has 48 valence electrons. The van der Waals surface area contributed by atoms with Crippen molar-refractivity contribution in [3.05, 3.63) is 0 Å². The first-order valence-corrected chi connectivity index (χ1v) is 3.57. The Morgan fingerprint density at radius 1 is 1.25 bits per heavy atom. The maximum atomic E-state index is 2.36. The van der Waals surface area contributed by atoms with Gasteiger partial charge in [0.15, 0.2) is 0 Å². The van der Waals surface area contributed by atoms with Gasteiger partial charge in [-0.1, -0.05) is 0 Å². The third-order valence-corrected chi connectivity index (χ3v) is 2.44. The number of nitrogens with two attached hydrogens (primary N) is 1. The molecule has 0 spiro atoms. The zero-order chi connectivity index (χ0) is 6.04. The lowest BCUT2D eigenvalue weighted by Crippen LogP contribution is -2.92. The fourth-order valence-electron chi connectivity index (χ4n) is 1.47. The van der Waals surface area contributed by atoms with E-state index in [9.17, 15) is 0 Å². The zero-order valence-electron chi connectivity index (χ0n) is 5.91. The fourth-order valence-corrected chi connectivity index (χ4v) is 1.47. The second-order valence-corrected chi connectivity index (χ2v) is 3.15. The van der Waals surface area contributed by atoms with Crippen LogP contribution < -0.4 is 5.32 Å². The van der Waals surface area contributed by atoms with E-state index >= 15 is 0 Å². The van der Waals surface area contributed by atoms with Crippen molar-refractivity contribution in [1.82, 2.24) is 0 Å². The smallest absolute Gasteiger partial charge is 0.0930 e. The highest BCUT2D eigenvalue weighted by atomic mass is 14.9. The molecule has 0 amide bonds. The van der Waals surface area contributed by atoms with Crippen LogP contribution in [0.3, 0.4) is 0 Å². The SMILES string of the molecule is C[NH2+]C1(C)CCCC1. The van der Waals surface area contributed by atoms with Gasteiger partial charge in [-0.25, -0.2) is 0 Å². The van der Waals surface area contributed by atoms with E-state index in [1.54, 1.807) is 0 Å². The first-order valence-electron chi connectivity index (χ1n) is 3.57. The molecule has 0 saturated heterocycles. The van der Waals surface area contributed by atoms with Crippen LogP contribution in [0.5, 0.6) is 0 Å². The first kappa shape index (κ1) is 6.09. The van der Waals surface area contributed by atoms with Gasteiger partial charge in [0.05, 0.1) is 12.6 Å². The molecule has 0 unspecified atom stereocenters. The molecule has 1 nitrogen and oxygen atoms in total. The van der Waals surface area contributed by atoms with Crippen LogP contribution in [0.2, 0.25) is 0 Å². The predicted octanol–water partition coefficient (Wildman–Crippen LogP) is 0.512. The average molecular weight is 114 g/mol. The molecule has 0 atom stereocenters. The minimum absolute atomic E-state index is 0.611. The Morgan fingerprint density at radius 3 is 2.00 bits per heavy atom. The Kier molecular flexibility index (Phi) is 1.57. The van der Waals surface area contributed by atoms with E-state index in [4.69, 9.17) is 0 Å². The monoisotopic (exact) mass is 114 g/mol. The van der Waals surface area contributed by atoms with Crippen molar-refractivity contribution in [2.75, 3.05) is 7.05 Å². The number of hydrogen-bond donors (Lipinski definition) is 1. The number of rotatable bonds is 1. The van der Waals surface area contributed by atoms with E-state index in [1.807, 2.05) is 0 Å². The summed E-state index contributed by atoms with van der Waals surface area (Å²) in [6, 6.07) is 0. The topological polar surface area (TPSA) is 16.6 Å². The Morgan fingerprint density at radius 2 is 1.75 bits per heavy atom. The van der Waals surface area contributed by atoms with Gasteiger partial charge in [0.1, 0.15) is 0 Å². The molecular formula is C7H16N+. The molecule has 8 heavy (non-hydrogen) atoms. The third kappa shape index (κ3) is 1.03. The van der Waals surface area contributed by atoms with Gasteiger partial charge >= 0.3 is 0 Å². The maximum Gasteiger partial charge on any atom is 0.0930 e. The van der Waals surface area contributed by atoms with Crippen molar-refractivity contribution in [3.8, 4) is 0 Å². The van der Waals surface area contributed by atoms with Gasteiger partial charge in [-0.2, -0.15) is 0 Å². The molecule has 1 aliphatic carbocycles. The largest absolute Gasteiger partial charge is 0.344 e. The summed E-state index contributed by atoms with van der Waals surface area (Å²) in [5.41, 5.74) is 0.611. The van der Waals surface area contributed by atoms with Crippen LogP contribution in [0.1, 0.15) is 32.6 Å². The van der Waals surface area contributed by atoms with Crippen LogP contribution in [0.15, 0.2) is 0 Å². The molecule has 0 radical (unpaired) electrons. The summed E-state index contributed by atoms with van der Waals surface area (Å²) in [6.45, 7) is 2.36. The molecule has 2 N–H and O–H groups in total. The van der Waals surface area contributed by atoms with Crippen LogP contribution in [0, 0.1) is 0 Å². The predicted molar refractivity (Wildman–Crippen MR) is 34.7 cm³/mol. The van der Waals surface area contributed by atoms with Crippen LogP contribution in [0.4, 0.5) is 0 Å². The summed E-state index contributed by atoms with van der Waals surface area (Å²) in [5, 5.41) is 2.36. The molecule has 1 heteroatoms. The Labute approximate surface area is 51.5 Å².